The highest BCUT2D eigenvalue weighted by Crippen LogP contribution is 2.40. The van der Waals surface area contributed by atoms with Crippen LogP contribution >= 0.6 is 7.92 Å². The number of hydrogen-bond acceptors (Lipinski definition) is 30. The van der Waals surface area contributed by atoms with Gasteiger partial charge >= 0.3 is 6.08 Å². The number of aliphatic hydroxyl groups excluding tert-OH is 4. The fourth-order valence-electron chi connectivity index (χ4n) is 15.7. The maximum atomic E-state index is 14.0. The van der Waals surface area contributed by atoms with E-state index in [1.165, 1.54) is 69.5 Å². The summed E-state index contributed by atoms with van der Waals surface area (Å²) in [6, 6.07) is 51.1. The Morgan fingerprint density at radius 2 is 0.835 bits per heavy atom. The number of benzene rings is 6. The number of nitro benzene ring substituents is 3. The number of nitrogens with zero attached hydrogens (tertiary/aromatic N) is 18. The third-order valence-electron chi connectivity index (χ3n) is 22.5. The van der Waals surface area contributed by atoms with E-state index in [4.69, 9.17) is 33.2 Å². The number of non-ortho nitro benzene ring substituents is 3. The van der Waals surface area contributed by atoms with Crippen molar-refractivity contribution in [1.82, 2.24) is 78.1 Å². The second kappa shape index (κ2) is 46.0. The van der Waals surface area contributed by atoms with Gasteiger partial charge in [0.1, 0.15) is 48.8 Å². The highest BCUT2D eigenvalue weighted by molar-refractivity contribution is 7.79. The van der Waals surface area contributed by atoms with Crippen LogP contribution < -0.4 is 41.0 Å². The molecule has 0 unspecified atom stereocenters. The van der Waals surface area contributed by atoms with Gasteiger partial charge in [-0.2, -0.15) is 29.3 Å². The predicted molar refractivity (Wildman–Crippen MR) is 495 cm³/mol. The molecule has 8 aromatic heterocycles. The molecular formula is C93H106FN20O18P. The van der Waals surface area contributed by atoms with Crippen molar-refractivity contribution in [3.63, 3.8) is 0 Å². The van der Waals surface area contributed by atoms with Gasteiger partial charge in [-0.3, -0.25) is 53.4 Å². The molecule has 4 saturated heterocycles. The van der Waals surface area contributed by atoms with Crippen molar-refractivity contribution in [3.8, 4) is 17.6 Å². The van der Waals surface area contributed by atoms with Gasteiger partial charge in [0.2, 0.25) is 23.6 Å². The molecule has 38 nitrogen and oxygen atoms in total. The lowest BCUT2D eigenvalue weighted by Gasteiger charge is -2.18. The molecule has 40 heteroatoms. The molecule has 4 fully saturated rings. The lowest BCUT2D eigenvalue weighted by molar-refractivity contribution is -0.385. The fourth-order valence-corrected chi connectivity index (χ4v) is 18.0. The summed E-state index contributed by atoms with van der Waals surface area (Å²) >= 11 is 0. The third kappa shape index (κ3) is 24.1. The molecule has 6 N–H and O–H groups in total. The molecule has 0 radical (unpaired) electrons. The second-order valence-corrected chi connectivity index (χ2v) is 33.7. The maximum Gasteiger partial charge on any atom is 0.314 e. The number of imidazole rings is 4. The van der Waals surface area contributed by atoms with Crippen molar-refractivity contribution in [3.05, 3.63) is 277 Å². The molecule has 0 aliphatic carbocycles. The number of aromatic amines is 1. The Bertz CT molecular complexity index is 6000. The van der Waals surface area contributed by atoms with Crippen LogP contribution in [-0.2, 0) is 38.2 Å². The Hall–Kier alpha value is -13.5. The summed E-state index contributed by atoms with van der Waals surface area (Å²) in [6.45, 7) is 20.5. The number of aromatic nitrogens is 16. The highest BCUT2D eigenvalue weighted by Gasteiger charge is 2.39. The molecule has 14 aromatic rings. The SMILES string of the molecule is C=CCNc1nc(OCCc2ccc([N+](=O)[O-])cc2)c2ncn([C@H]3C[C@@H](O)[C@@H](CO)O3)c2n1.CC.CC[C@H]1O[C@@H](n2cnc3c(=O)[nH]c(C)nc32)C[C@H]1C.CC[C@H]1O[C@@H](n2cnc3c(OCCc4ccc([N+](=O)[O-])cc4)nc(C)nc32)C[C@H]1C.O=[N+]([O-])c1ccc(CCOc2nc(F)nc3c2ncn3[C@H]2C[C@@H](O)[C@@H](CO)O2)cc1.c1ccc(P(c2ccccc2)c2ccccc2)cc1. The average Bonchev–Trinajstić information content (AvgIpc) is 1.75. The largest absolute Gasteiger partial charge is 0.476 e. The molecule has 4 aliphatic heterocycles. The molecule has 0 spiro atoms. The lowest BCUT2D eigenvalue weighted by atomic mass is 10.0. The van der Waals surface area contributed by atoms with Gasteiger partial charge < -0.3 is 63.9 Å². The first-order chi connectivity index (χ1) is 64.5. The van der Waals surface area contributed by atoms with Crippen molar-refractivity contribution >= 4 is 91.5 Å². The van der Waals surface area contributed by atoms with Crippen molar-refractivity contribution in [2.24, 2.45) is 11.8 Å². The summed E-state index contributed by atoms with van der Waals surface area (Å²) in [7, 11) is -0.446. The van der Waals surface area contributed by atoms with Crippen LogP contribution in [0.4, 0.5) is 27.4 Å². The van der Waals surface area contributed by atoms with Gasteiger partial charge in [-0.05, 0) is 91.9 Å². The Labute approximate surface area is 764 Å². The average molecular weight is 1840 g/mol. The van der Waals surface area contributed by atoms with Crippen LogP contribution in [0, 0.1) is 62.1 Å². The van der Waals surface area contributed by atoms with Crippen LogP contribution in [0.25, 0.3) is 44.7 Å². The lowest BCUT2D eigenvalue weighted by Crippen LogP contribution is -2.24. The molecule has 0 bridgehead atoms. The molecule has 0 amide bonds. The minimum absolute atomic E-state index is 0.00697. The van der Waals surface area contributed by atoms with Gasteiger partial charge in [0.25, 0.3) is 22.6 Å². The third-order valence-corrected chi connectivity index (χ3v) is 24.9. The molecule has 12 atom stereocenters. The van der Waals surface area contributed by atoms with E-state index in [-0.39, 0.29) is 109 Å². The van der Waals surface area contributed by atoms with Gasteiger partial charge in [0.15, 0.2) is 44.7 Å². The van der Waals surface area contributed by atoms with Crippen LogP contribution in [0.1, 0.15) is 133 Å². The summed E-state index contributed by atoms with van der Waals surface area (Å²) in [5.74, 6) is 3.17. The molecule has 12 heterocycles. The first-order valence-electron chi connectivity index (χ1n) is 43.8. The number of halogens is 1. The first-order valence-corrected chi connectivity index (χ1v) is 45.2. The minimum Gasteiger partial charge on any atom is -0.476 e. The van der Waals surface area contributed by atoms with Crippen molar-refractivity contribution in [1.29, 1.82) is 0 Å². The second-order valence-electron chi connectivity index (χ2n) is 31.5. The molecule has 18 rings (SSSR count). The van der Waals surface area contributed by atoms with E-state index in [2.05, 4.69) is 190 Å². The van der Waals surface area contributed by atoms with Gasteiger partial charge in [0.05, 0.1) is 97.5 Å². The number of nitro groups is 3. The summed E-state index contributed by atoms with van der Waals surface area (Å²) in [4.78, 5) is 92.3. The van der Waals surface area contributed by atoms with Gasteiger partial charge in [0, 0.05) is 75.0 Å². The van der Waals surface area contributed by atoms with E-state index in [1.807, 2.05) is 29.9 Å². The van der Waals surface area contributed by atoms with E-state index in [0.717, 1.165) is 42.4 Å². The summed E-state index contributed by atoms with van der Waals surface area (Å²) in [6.07, 6.45) is 8.90. The zero-order chi connectivity index (χ0) is 94.4. The van der Waals surface area contributed by atoms with Crippen molar-refractivity contribution < 1.29 is 72.7 Å². The number of anilines is 1. The number of H-pyrrole nitrogens is 1. The first kappa shape index (κ1) is 97.0. The minimum atomic E-state index is -1.01. The highest BCUT2D eigenvalue weighted by atomic mass is 31.1. The van der Waals surface area contributed by atoms with E-state index < -0.39 is 65.6 Å². The molecule has 698 valence electrons. The standard InChI is InChI=1S/C21H24N6O6.C21H25N5O4.C18H18FN5O6.C18H15P.C13H18N4O2.C2H6/c1-2-8-22-21-24-19-18(23-12-26(19)17-10-15(29)16(11-28)33-17)20(25-21)32-9-7-13-3-5-14(6-4-13)27(30)31;1-4-17-13(2)11-18(30-17)25-12-22-19-20(25)23-14(3)24-21(19)29-10-9-15-5-7-16(8-6-15)26(27)28;19-18-21-16-15(20-9-23(16)14-7-12(26)13(8-25)30-14)17(22-18)29-6-5-10-1-3-11(4-2-10)24(27)28;1-4-10-16(11-5-1)19(17-12-6-2-7-13-17)18-14-8-3-9-15-18;1-4-9-7(2)5-10(19-9)17-6-14-11-12(17)15-8(3)16-13(11)18;1-2/h2-6,12,15-17,28-29H,1,7-11H2,(H,22,24,25);5-8,12-13,17-18H,4,9-11H2,1-3H3;1-4,9,12-14,25-26H,5-8H2;1-15H;6-7,9-10H,4-5H2,1-3H3,(H,15,16,18);1-2H3/t15-,16-,17-;13-,17-,18-;12-,13-,14-;;7-,9-,10-;/m111.1./s1. The molecular weight excluding hydrogens is 1740 g/mol. The number of hydrogen-bond donors (Lipinski definition) is 6. The Kier molecular flexibility index (Phi) is 33.6. The van der Waals surface area contributed by atoms with Gasteiger partial charge in [-0.25, -0.2) is 29.9 Å². The zero-order valence-electron chi connectivity index (χ0n) is 74.6. The van der Waals surface area contributed by atoms with E-state index >= 15 is 0 Å². The number of nitrogens with one attached hydrogen (secondary N) is 2. The summed E-state index contributed by atoms with van der Waals surface area (Å²) < 4.78 is 61.9. The Morgan fingerprint density at radius 3 is 1.20 bits per heavy atom. The molecule has 0 saturated carbocycles. The quantitative estimate of drug-likeness (QED) is 0.00833. The Morgan fingerprint density at radius 1 is 0.489 bits per heavy atom. The van der Waals surface area contributed by atoms with E-state index in [9.17, 15) is 60.0 Å². The summed E-state index contributed by atoms with van der Waals surface area (Å²) in [5.41, 5.74) is 6.10. The Balaban J connectivity index is 0.000000143. The van der Waals surface area contributed by atoms with Gasteiger partial charge in [-0.15, -0.1) is 6.58 Å². The van der Waals surface area contributed by atoms with E-state index in [1.54, 1.807) is 66.6 Å². The topological polar surface area (TPSA) is 481 Å². The van der Waals surface area contributed by atoms with Crippen LogP contribution in [0.15, 0.2) is 207 Å². The number of ether oxygens (including phenoxy) is 7. The van der Waals surface area contributed by atoms with Gasteiger partial charge in [-0.1, -0.05) is 175 Å². The fraction of sp³-hybridized carbons (Fsp3) is 0.376. The molecule has 4 aliphatic rings. The zero-order valence-corrected chi connectivity index (χ0v) is 75.5. The number of fused-ring (bicyclic) bond motifs is 4. The maximum absolute atomic E-state index is 14.0. The van der Waals surface area contributed by atoms with E-state index in [0.29, 0.717) is 101 Å². The monoisotopic (exact) mass is 1840 g/mol. The predicted octanol–water partition coefficient (Wildman–Crippen LogP) is 13.0. The normalized spacial score (nSPS) is 20.0. The number of rotatable bonds is 29. The van der Waals surface area contributed by atoms with Crippen molar-refractivity contribution in [2.75, 3.05) is 44.9 Å². The molecule has 6 aromatic carbocycles. The number of aryl methyl sites for hydroxylation is 2. The van der Waals surface area contributed by atoms with Crippen LogP contribution in [0.3, 0.4) is 0 Å². The van der Waals surface area contributed by atoms with Crippen molar-refractivity contribution in [2.45, 2.75) is 175 Å². The van der Waals surface area contributed by atoms with Crippen LogP contribution in [0.2, 0.25) is 0 Å². The number of aliphatic hydroxyl groups is 4. The molecule has 133 heavy (non-hydrogen) atoms. The van der Waals surface area contributed by atoms with Crippen LogP contribution in [-0.4, -0.2) is 189 Å². The smallest absolute Gasteiger partial charge is 0.314 e. The van der Waals surface area contributed by atoms with Crippen LogP contribution in [0.5, 0.6) is 17.6 Å². The summed E-state index contributed by atoms with van der Waals surface area (Å²) in [5, 5.41) is 78.1.